The molecule has 2 fully saturated rings. The lowest BCUT2D eigenvalue weighted by Crippen LogP contribution is -2.49. The summed E-state index contributed by atoms with van der Waals surface area (Å²) in [5.74, 6) is -0.661. The molecule has 2 atom stereocenters. The van der Waals surface area contributed by atoms with E-state index in [1.54, 1.807) is 6.92 Å². The van der Waals surface area contributed by atoms with E-state index in [0.29, 0.717) is 32.6 Å². The van der Waals surface area contributed by atoms with Gasteiger partial charge in [-0.3, -0.25) is 4.79 Å². The van der Waals surface area contributed by atoms with Gasteiger partial charge < -0.3 is 4.74 Å². The van der Waals surface area contributed by atoms with Crippen molar-refractivity contribution < 1.29 is 17.9 Å². The predicted octanol–water partition coefficient (Wildman–Crippen LogP) is 1.72. The van der Waals surface area contributed by atoms with Crippen LogP contribution in [0.1, 0.15) is 45.4 Å². The second kappa shape index (κ2) is 8.22. The molecular formula is C16H26N2O4S. The van der Waals surface area contributed by atoms with Crippen LogP contribution in [-0.2, 0) is 19.6 Å². The van der Waals surface area contributed by atoms with E-state index in [1.807, 2.05) is 0 Å². The SMILES string of the molecule is CCC(=O)C1CCCCN1S(=O)(=O)CC(C#N)C1CCOCC1. The summed E-state index contributed by atoms with van der Waals surface area (Å²) in [6, 6.07) is 1.64. The van der Waals surface area contributed by atoms with Crippen molar-refractivity contribution in [1.29, 1.82) is 5.26 Å². The molecule has 0 spiro atoms. The summed E-state index contributed by atoms with van der Waals surface area (Å²) >= 11 is 0. The molecule has 0 saturated carbocycles. The average molecular weight is 342 g/mol. The van der Waals surface area contributed by atoms with Gasteiger partial charge in [0.25, 0.3) is 0 Å². The molecule has 0 aromatic rings. The van der Waals surface area contributed by atoms with E-state index in [4.69, 9.17) is 4.74 Å². The van der Waals surface area contributed by atoms with E-state index in [9.17, 15) is 18.5 Å². The molecule has 0 aromatic heterocycles. The van der Waals surface area contributed by atoms with Gasteiger partial charge in [-0.25, -0.2) is 8.42 Å². The third kappa shape index (κ3) is 4.52. The van der Waals surface area contributed by atoms with Crippen molar-refractivity contribution in [2.24, 2.45) is 11.8 Å². The smallest absolute Gasteiger partial charge is 0.216 e. The molecule has 0 N–H and O–H groups in total. The summed E-state index contributed by atoms with van der Waals surface area (Å²) in [6.45, 7) is 3.33. The highest BCUT2D eigenvalue weighted by molar-refractivity contribution is 7.89. The third-order valence-corrected chi connectivity index (χ3v) is 6.85. The molecule has 0 aromatic carbocycles. The highest BCUT2D eigenvalue weighted by Gasteiger charge is 2.38. The molecule has 0 amide bonds. The van der Waals surface area contributed by atoms with Gasteiger partial charge >= 0.3 is 0 Å². The highest BCUT2D eigenvalue weighted by atomic mass is 32.2. The molecule has 130 valence electrons. The van der Waals surface area contributed by atoms with Gasteiger partial charge in [0.15, 0.2) is 5.78 Å². The zero-order valence-corrected chi connectivity index (χ0v) is 14.6. The molecule has 2 heterocycles. The molecule has 0 radical (unpaired) electrons. The van der Waals surface area contributed by atoms with Gasteiger partial charge in [0.1, 0.15) is 0 Å². The second-order valence-corrected chi connectivity index (χ2v) is 8.37. The van der Waals surface area contributed by atoms with E-state index in [0.717, 1.165) is 25.7 Å². The maximum absolute atomic E-state index is 12.8. The molecule has 7 heteroatoms. The molecular weight excluding hydrogens is 316 g/mol. The Morgan fingerprint density at radius 2 is 2.00 bits per heavy atom. The van der Waals surface area contributed by atoms with Crippen molar-refractivity contribution in [2.45, 2.75) is 51.5 Å². The summed E-state index contributed by atoms with van der Waals surface area (Å²) in [7, 11) is -3.60. The first kappa shape index (κ1) is 18.4. The highest BCUT2D eigenvalue weighted by Crippen LogP contribution is 2.28. The first-order valence-electron chi connectivity index (χ1n) is 8.49. The van der Waals surface area contributed by atoms with Gasteiger partial charge in [0.2, 0.25) is 10.0 Å². The number of hydrogen-bond acceptors (Lipinski definition) is 5. The van der Waals surface area contributed by atoms with Gasteiger partial charge in [-0.05, 0) is 31.6 Å². The minimum Gasteiger partial charge on any atom is -0.381 e. The number of nitrogens with zero attached hydrogens (tertiary/aromatic N) is 2. The van der Waals surface area contributed by atoms with Crippen molar-refractivity contribution >= 4 is 15.8 Å². The summed E-state index contributed by atoms with van der Waals surface area (Å²) in [5, 5.41) is 9.42. The summed E-state index contributed by atoms with van der Waals surface area (Å²) in [4.78, 5) is 12.1. The van der Waals surface area contributed by atoms with Gasteiger partial charge in [0.05, 0.1) is 23.8 Å². The van der Waals surface area contributed by atoms with E-state index in [1.165, 1.54) is 4.31 Å². The zero-order valence-electron chi connectivity index (χ0n) is 13.7. The van der Waals surface area contributed by atoms with Crippen molar-refractivity contribution in [2.75, 3.05) is 25.5 Å². The Hall–Kier alpha value is -0.970. The first-order chi connectivity index (χ1) is 11.0. The number of hydrogen-bond donors (Lipinski definition) is 0. The molecule has 2 saturated heterocycles. The molecule has 2 aliphatic heterocycles. The summed E-state index contributed by atoms with van der Waals surface area (Å²) in [6.07, 6.45) is 4.06. The maximum atomic E-state index is 12.8. The minimum atomic E-state index is -3.60. The van der Waals surface area contributed by atoms with Gasteiger partial charge in [-0.15, -0.1) is 0 Å². The number of nitriles is 1. The maximum Gasteiger partial charge on any atom is 0.216 e. The van der Waals surface area contributed by atoms with E-state index in [-0.39, 0.29) is 17.5 Å². The Kier molecular flexibility index (Phi) is 6.57. The van der Waals surface area contributed by atoms with Crippen molar-refractivity contribution in [1.82, 2.24) is 4.31 Å². The predicted molar refractivity (Wildman–Crippen MR) is 86.1 cm³/mol. The van der Waals surface area contributed by atoms with Crippen LogP contribution in [0.25, 0.3) is 0 Å². The van der Waals surface area contributed by atoms with Crippen LogP contribution in [0.5, 0.6) is 0 Å². The van der Waals surface area contributed by atoms with E-state index in [2.05, 4.69) is 6.07 Å². The Bertz CT molecular complexity index is 549. The topological polar surface area (TPSA) is 87.5 Å². The second-order valence-electron chi connectivity index (χ2n) is 6.41. The molecule has 6 nitrogen and oxygen atoms in total. The van der Waals surface area contributed by atoms with E-state index >= 15 is 0 Å². The molecule has 2 aliphatic rings. The lowest BCUT2D eigenvalue weighted by molar-refractivity contribution is -0.123. The van der Waals surface area contributed by atoms with E-state index < -0.39 is 22.0 Å². The Morgan fingerprint density at radius 3 is 2.61 bits per heavy atom. The van der Waals surface area contributed by atoms with Crippen LogP contribution in [0.3, 0.4) is 0 Å². The summed E-state index contributed by atoms with van der Waals surface area (Å²) in [5.41, 5.74) is 0. The quantitative estimate of drug-likeness (QED) is 0.733. The number of ketones is 1. The Morgan fingerprint density at radius 1 is 1.30 bits per heavy atom. The molecule has 2 unspecified atom stereocenters. The zero-order chi connectivity index (χ0) is 16.9. The Labute approximate surface area is 138 Å². The Balaban J connectivity index is 2.11. The molecule has 23 heavy (non-hydrogen) atoms. The number of ether oxygens (including phenoxy) is 1. The fourth-order valence-electron chi connectivity index (χ4n) is 3.51. The van der Waals surface area contributed by atoms with Gasteiger partial charge in [-0.2, -0.15) is 9.57 Å². The minimum absolute atomic E-state index is 0.0205. The molecule has 2 rings (SSSR count). The van der Waals surface area contributed by atoms with Crippen LogP contribution in [0.15, 0.2) is 0 Å². The number of sulfonamides is 1. The lowest BCUT2D eigenvalue weighted by atomic mass is 9.88. The third-order valence-electron chi connectivity index (χ3n) is 4.92. The number of piperidine rings is 1. The number of Topliss-reactive ketones (excluding diaryl/α,β-unsaturated/α-hetero) is 1. The van der Waals surface area contributed by atoms with Crippen LogP contribution >= 0.6 is 0 Å². The molecule has 0 aliphatic carbocycles. The van der Waals surface area contributed by atoms with Crippen molar-refractivity contribution in [3.8, 4) is 6.07 Å². The van der Waals surface area contributed by atoms with Crippen LogP contribution in [0, 0.1) is 23.2 Å². The number of carbonyl (C=O) groups is 1. The van der Waals surface area contributed by atoms with Crippen LogP contribution in [0.2, 0.25) is 0 Å². The van der Waals surface area contributed by atoms with Gasteiger partial charge in [-0.1, -0.05) is 13.3 Å². The summed E-state index contributed by atoms with van der Waals surface area (Å²) < 4.78 is 32.3. The normalized spacial score (nSPS) is 25.7. The molecule has 0 bridgehead atoms. The fourth-order valence-corrected chi connectivity index (χ4v) is 5.52. The fraction of sp³-hybridized carbons (Fsp3) is 0.875. The monoisotopic (exact) mass is 342 g/mol. The van der Waals surface area contributed by atoms with Crippen LogP contribution < -0.4 is 0 Å². The average Bonchev–Trinajstić information content (AvgIpc) is 2.59. The van der Waals surface area contributed by atoms with Crippen LogP contribution in [0.4, 0.5) is 0 Å². The first-order valence-corrected chi connectivity index (χ1v) is 10.1. The largest absolute Gasteiger partial charge is 0.381 e. The number of rotatable bonds is 6. The van der Waals surface area contributed by atoms with Crippen LogP contribution in [-0.4, -0.2) is 50.1 Å². The van der Waals surface area contributed by atoms with Crippen molar-refractivity contribution in [3.63, 3.8) is 0 Å². The van der Waals surface area contributed by atoms with Gasteiger partial charge in [0, 0.05) is 26.2 Å². The standard InChI is InChI=1S/C16H26N2O4S/c1-2-16(19)15-5-3-4-8-18(15)23(20,21)12-14(11-17)13-6-9-22-10-7-13/h13-15H,2-10,12H2,1H3. The lowest BCUT2D eigenvalue weighted by Gasteiger charge is -2.35. The number of carbonyl (C=O) groups excluding carboxylic acids is 1. The van der Waals surface area contributed by atoms with Crippen molar-refractivity contribution in [3.05, 3.63) is 0 Å².